The number of amides is 1. The zero-order chi connectivity index (χ0) is 11.4. The third-order valence-electron chi connectivity index (χ3n) is 2.03. The first-order valence-corrected chi connectivity index (χ1v) is 4.76. The van der Waals surface area contributed by atoms with Crippen molar-refractivity contribution in [2.24, 2.45) is 5.73 Å². The molecule has 0 aliphatic carbocycles. The molecule has 0 aliphatic heterocycles. The fourth-order valence-electron chi connectivity index (χ4n) is 1.01. The Balaban J connectivity index is 3.01. The summed E-state index contributed by atoms with van der Waals surface area (Å²) in [5.41, 5.74) is 11.3. The van der Waals surface area contributed by atoms with Gasteiger partial charge in [-0.15, -0.1) is 0 Å². The Hall–Kier alpha value is -1.78. The molecule has 1 rings (SSSR count). The summed E-state index contributed by atoms with van der Waals surface area (Å²) >= 11 is 0. The van der Waals surface area contributed by atoms with Crippen molar-refractivity contribution in [3.8, 4) is 5.88 Å². The number of anilines is 1. The third-order valence-corrected chi connectivity index (χ3v) is 2.03. The summed E-state index contributed by atoms with van der Waals surface area (Å²) in [6.07, 6.45) is 2.24. The summed E-state index contributed by atoms with van der Waals surface area (Å²) in [4.78, 5) is 15.0. The largest absolute Gasteiger partial charge is 0.474 e. The average Bonchev–Trinajstić information content (AvgIpc) is 2.20. The fourth-order valence-corrected chi connectivity index (χ4v) is 1.01. The van der Waals surface area contributed by atoms with E-state index >= 15 is 0 Å². The van der Waals surface area contributed by atoms with Gasteiger partial charge in [-0.3, -0.25) is 4.79 Å². The SMILES string of the molecule is CCC(C)Oc1ncc(N)cc1C(N)=O. The van der Waals surface area contributed by atoms with E-state index in [0.717, 1.165) is 6.42 Å². The molecule has 1 aromatic rings. The second kappa shape index (κ2) is 4.63. The van der Waals surface area contributed by atoms with Crippen LogP contribution in [-0.4, -0.2) is 17.0 Å². The van der Waals surface area contributed by atoms with Crippen molar-refractivity contribution < 1.29 is 9.53 Å². The van der Waals surface area contributed by atoms with Gasteiger partial charge in [0.2, 0.25) is 5.88 Å². The second-order valence-corrected chi connectivity index (χ2v) is 3.32. The standard InChI is InChI=1S/C10H15N3O2/c1-3-6(2)15-10-8(9(12)14)4-7(11)5-13-10/h4-6H,3,11H2,1-2H3,(H2,12,14). The zero-order valence-electron chi connectivity index (χ0n) is 8.86. The zero-order valence-corrected chi connectivity index (χ0v) is 8.86. The van der Waals surface area contributed by atoms with Crippen molar-refractivity contribution in [3.63, 3.8) is 0 Å². The van der Waals surface area contributed by atoms with Crippen molar-refractivity contribution in [1.29, 1.82) is 0 Å². The van der Waals surface area contributed by atoms with Crippen LogP contribution in [0, 0.1) is 0 Å². The molecule has 1 atom stereocenters. The fraction of sp³-hybridized carbons (Fsp3) is 0.400. The van der Waals surface area contributed by atoms with E-state index in [4.69, 9.17) is 16.2 Å². The minimum absolute atomic E-state index is 0.0146. The molecule has 0 bridgehead atoms. The molecule has 15 heavy (non-hydrogen) atoms. The van der Waals surface area contributed by atoms with Crippen LogP contribution in [0.3, 0.4) is 0 Å². The smallest absolute Gasteiger partial charge is 0.254 e. The van der Waals surface area contributed by atoms with E-state index in [9.17, 15) is 4.79 Å². The number of pyridine rings is 1. The molecule has 82 valence electrons. The number of hydrogen-bond acceptors (Lipinski definition) is 4. The van der Waals surface area contributed by atoms with Crippen LogP contribution in [0.15, 0.2) is 12.3 Å². The first-order chi connectivity index (χ1) is 7.04. The number of primary amides is 1. The lowest BCUT2D eigenvalue weighted by Crippen LogP contribution is -2.18. The maximum Gasteiger partial charge on any atom is 0.254 e. The Morgan fingerprint density at radius 1 is 1.67 bits per heavy atom. The summed E-state index contributed by atoms with van der Waals surface area (Å²) < 4.78 is 5.44. The van der Waals surface area contributed by atoms with Crippen LogP contribution in [-0.2, 0) is 0 Å². The average molecular weight is 209 g/mol. The van der Waals surface area contributed by atoms with Crippen LogP contribution in [0.2, 0.25) is 0 Å². The molecule has 1 amide bonds. The summed E-state index contributed by atoms with van der Waals surface area (Å²) in [5.74, 6) is -0.348. The molecule has 0 radical (unpaired) electrons. The number of rotatable bonds is 4. The van der Waals surface area contributed by atoms with Gasteiger partial charge in [-0.25, -0.2) is 4.98 Å². The monoisotopic (exact) mass is 209 g/mol. The molecular formula is C10H15N3O2. The van der Waals surface area contributed by atoms with Crippen LogP contribution in [0.25, 0.3) is 0 Å². The Labute approximate surface area is 88.4 Å². The summed E-state index contributed by atoms with van der Waals surface area (Å²) in [5, 5.41) is 0. The van der Waals surface area contributed by atoms with Gasteiger partial charge in [-0.2, -0.15) is 0 Å². The van der Waals surface area contributed by atoms with Gasteiger partial charge >= 0.3 is 0 Å². The van der Waals surface area contributed by atoms with E-state index in [2.05, 4.69) is 4.98 Å². The molecular weight excluding hydrogens is 194 g/mol. The first-order valence-electron chi connectivity index (χ1n) is 4.76. The number of nitrogen functional groups attached to an aromatic ring is 1. The first kappa shape index (κ1) is 11.3. The van der Waals surface area contributed by atoms with Gasteiger partial charge in [0.25, 0.3) is 5.91 Å². The van der Waals surface area contributed by atoms with Crippen LogP contribution in [0.5, 0.6) is 5.88 Å². The molecule has 1 aromatic heterocycles. The van der Waals surface area contributed by atoms with E-state index in [0.29, 0.717) is 5.69 Å². The molecule has 5 nitrogen and oxygen atoms in total. The van der Waals surface area contributed by atoms with E-state index in [1.54, 1.807) is 0 Å². The van der Waals surface area contributed by atoms with E-state index < -0.39 is 5.91 Å². The minimum atomic E-state index is -0.590. The highest BCUT2D eigenvalue weighted by atomic mass is 16.5. The van der Waals surface area contributed by atoms with Crippen LogP contribution < -0.4 is 16.2 Å². The molecule has 5 heteroatoms. The molecule has 0 aromatic carbocycles. The Bertz CT molecular complexity index is 366. The predicted octanol–water partition coefficient (Wildman–Crippen LogP) is 0.940. The number of nitrogens with zero attached hydrogens (tertiary/aromatic N) is 1. The lowest BCUT2D eigenvalue weighted by Gasteiger charge is -2.13. The van der Waals surface area contributed by atoms with Gasteiger partial charge in [-0.1, -0.05) is 6.92 Å². The molecule has 0 saturated carbocycles. The maximum absolute atomic E-state index is 11.1. The topological polar surface area (TPSA) is 91.2 Å². The number of aromatic nitrogens is 1. The normalized spacial score (nSPS) is 12.1. The van der Waals surface area contributed by atoms with E-state index in [1.807, 2.05) is 13.8 Å². The summed E-state index contributed by atoms with van der Waals surface area (Å²) in [7, 11) is 0. The third kappa shape index (κ3) is 2.83. The molecule has 1 heterocycles. The van der Waals surface area contributed by atoms with Crippen molar-refractivity contribution in [2.75, 3.05) is 5.73 Å². The highest BCUT2D eigenvalue weighted by molar-refractivity contribution is 5.95. The van der Waals surface area contributed by atoms with Crippen LogP contribution in [0.1, 0.15) is 30.6 Å². The Morgan fingerprint density at radius 3 is 2.87 bits per heavy atom. The number of nitrogens with two attached hydrogens (primary N) is 2. The predicted molar refractivity (Wildman–Crippen MR) is 57.5 cm³/mol. The maximum atomic E-state index is 11.1. The van der Waals surface area contributed by atoms with Gasteiger partial charge in [0.1, 0.15) is 5.56 Å². The number of carbonyl (C=O) groups excluding carboxylic acids is 1. The number of carbonyl (C=O) groups is 1. The summed E-state index contributed by atoms with van der Waals surface area (Å²) in [6.45, 7) is 3.87. The van der Waals surface area contributed by atoms with Crippen molar-refractivity contribution in [2.45, 2.75) is 26.4 Å². The molecule has 0 spiro atoms. The van der Waals surface area contributed by atoms with Gasteiger partial charge in [-0.05, 0) is 19.4 Å². The molecule has 0 saturated heterocycles. The molecule has 0 fully saturated rings. The van der Waals surface area contributed by atoms with Gasteiger partial charge in [0.15, 0.2) is 0 Å². The quantitative estimate of drug-likeness (QED) is 0.772. The van der Waals surface area contributed by atoms with Gasteiger partial charge < -0.3 is 16.2 Å². The minimum Gasteiger partial charge on any atom is -0.474 e. The molecule has 1 unspecified atom stereocenters. The Morgan fingerprint density at radius 2 is 2.33 bits per heavy atom. The van der Waals surface area contributed by atoms with Crippen LogP contribution in [0.4, 0.5) is 5.69 Å². The molecule has 0 aliphatic rings. The number of hydrogen-bond donors (Lipinski definition) is 2. The van der Waals surface area contributed by atoms with Crippen LogP contribution >= 0.6 is 0 Å². The second-order valence-electron chi connectivity index (χ2n) is 3.32. The van der Waals surface area contributed by atoms with E-state index in [1.165, 1.54) is 12.3 Å². The van der Waals surface area contributed by atoms with Crippen molar-refractivity contribution in [1.82, 2.24) is 4.98 Å². The lowest BCUT2D eigenvalue weighted by atomic mass is 10.2. The van der Waals surface area contributed by atoms with Crippen molar-refractivity contribution >= 4 is 11.6 Å². The summed E-state index contributed by atoms with van der Waals surface area (Å²) in [6, 6.07) is 1.47. The lowest BCUT2D eigenvalue weighted by molar-refractivity contribution is 0.0992. The van der Waals surface area contributed by atoms with E-state index in [-0.39, 0.29) is 17.5 Å². The molecule has 4 N–H and O–H groups in total. The van der Waals surface area contributed by atoms with Crippen molar-refractivity contribution in [3.05, 3.63) is 17.8 Å². The number of ether oxygens (including phenoxy) is 1. The highest BCUT2D eigenvalue weighted by Crippen LogP contribution is 2.19. The van der Waals surface area contributed by atoms with Gasteiger partial charge in [0, 0.05) is 0 Å². The highest BCUT2D eigenvalue weighted by Gasteiger charge is 2.13. The Kier molecular flexibility index (Phi) is 3.49. The van der Waals surface area contributed by atoms with Gasteiger partial charge in [0.05, 0.1) is 18.0 Å².